The maximum atomic E-state index is 11.3. The molecule has 1 atom stereocenters. The summed E-state index contributed by atoms with van der Waals surface area (Å²) >= 11 is 11.6. The molecule has 0 spiro atoms. The topological polar surface area (TPSA) is 85.9 Å². The van der Waals surface area contributed by atoms with E-state index in [0.29, 0.717) is 18.2 Å². The predicted molar refractivity (Wildman–Crippen MR) is 121 cm³/mol. The van der Waals surface area contributed by atoms with Crippen molar-refractivity contribution in [2.75, 3.05) is 13.2 Å². The number of nitrogens with one attached hydrogen (secondary N) is 1. The molecule has 0 saturated carbocycles. The van der Waals surface area contributed by atoms with Crippen LogP contribution in [-0.4, -0.2) is 30.8 Å². The molecule has 2 aromatic carbocycles. The summed E-state index contributed by atoms with van der Waals surface area (Å²) in [5, 5.41) is 4.26. The number of hydrogen-bond acceptors (Lipinski definition) is 5. The first-order valence-electron chi connectivity index (χ1n) is 9.60. The van der Waals surface area contributed by atoms with Crippen LogP contribution >= 0.6 is 23.2 Å². The Morgan fingerprint density at radius 1 is 1.17 bits per heavy atom. The molecule has 162 valence electrons. The number of ether oxygens (including phenoxy) is 2. The molecule has 0 radical (unpaired) electrons. The number of amides is 1. The van der Waals surface area contributed by atoms with Gasteiger partial charge in [0.1, 0.15) is 6.10 Å². The first kappa shape index (κ1) is 23.8. The SMILES string of the molecule is CCOC(=O)NC(C)(C)Cc1ccc(Cl)cc1.NC1=NCC(c2ccc(Cl)cc2)O1. The molecule has 0 bridgehead atoms. The van der Waals surface area contributed by atoms with Crippen molar-refractivity contribution in [2.45, 2.75) is 38.8 Å². The number of hydrogen-bond donors (Lipinski definition) is 2. The quantitative estimate of drug-likeness (QED) is 0.659. The van der Waals surface area contributed by atoms with E-state index in [-0.39, 0.29) is 23.8 Å². The molecular formula is C22H27Cl2N3O3. The zero-order chi connectivity index (χ0) is 22.1. The van der Waals surface area contributed by atoms with E-state index in [2.05, 4.69) is 10.3 Å². The zero-order valence-electron chi connectivity index (χ0n) is 17.3. The van der Waals surface area contributed by atoms with Crippen LogP contribution < -0.4 is 11.1 Å². The minimum Gasteiger partial charge on any atom is -0.455 e. The van der Waals surface area contributed by atoms with Crippen molar-refractivity contribution >= 4 is 35.3 Å². The average Bonchev–Trinajstić information content (AvgIpc) is 3.11. The summed E-state index contributed by atoms with van der Waals surface area (Å²) in [6.07, 6.45) is 0.298. The third-order valence-electron chi connectivity index (χ3n) is 4.19. The highest BCUT2D eigenvalue weighted by Gasteiger charge is 2.21. The fourth-order valence-electron chi connectivity index (χ4n) is 2.84. The molecule has 3 N–H and O–H groups in total. The Hall–Kier alpha value is -2.44. The highest BCUT2D eigenvalue weighted by atomic mass is 35.5. The van der Waals surface area contributed by atoms with Crippen molar-refractivity contribution in [3.05, 3.63) is 69.7 Å². The molecule has 30 heavy (non-hydrogen) atoms. The van der Waals surface area contributed by atoms with Gasteiger partial charge in [-0.25, -0.2) is 9.79 Å². The van der Waals surface area contributed by atoms with E-state index >= 15 is 0 Å². The fraction of sp³-hybridized carbons (Fsp3) is 0.364. The molecule has 1 heterocycles. The van der Waals surface area contributed by atoms with Gasteiger partial charge >= 0.3 is 6.09 Å². The smallest absolute Gasteiger partial charge is 0.407 e. The van der Waals surface area contributed by atoms with Crippen LogP contribution in [0.4, 0.5) is 4.79 Å². The lowest BCUT2D eigenvalue weighted by molar-refractivity contribution is 0.141. The van der Waals surface area contributed by atoms with Gasteiger partial charge in [0, 0.05) is 15.6 Å². The third-order valence-corrected chi connectivity index (χ3v) is 4.70. The van der Waals surface area contributed by atoms with Gasteiger partial charge in [0.05, 0.1) is 13.2 Å². The van der Waals surface area contributed by atoms with Crippen molar-refractivity contribution in [2.24, 2.45) is 10.7 Å². The van der Waals surface area contributed by atoms with Crippen LogP contribution in [0.3, 0.4) is 0 Å². The molecule has 3 rings (SSSR count). The zero-order valence-corrected chi connectivity index (χ0v) is 18.8. The number of amidine groups is 1. The standard InChI is InChI=1S/C13H18ClNO2.C9H9ClN2O/c1-4-17-12(16)15-13(2,3)9-10-5-7-11(14)8-6-10;10-7-3-1-6(2-4-7)8-5-12-9(11)13-8/h5-8H,4,9H2,1-3H3,(H,15,16);1-4,8H,5H2,(H2,11,12). The minimum atomic E-state index is -0.383. The summed E-state index contributed by atoms with van der Waals surface area (Å²) in [6, 6.07) is 15.4. The number of aliphatic imine (C=N–C) groups is 1. The predicted octanol–water partition coefficient (Wildman–Crippen LogP) is 5.13. The highest BCUT2D eigenvalue weighted by Crippen LogP contribution is 2.23. The molecule has 0 fully saturated rings. The van der Waals surface area contributed by atoms with Crippen molar-refractivity contribution in [3.63, 3.8) is 0 Å². The first-order valence-corrected chi connectivity index (χ1v) is 10.4. The average molecular weight is 452 g/mol. The third kappa shape index (κ3) is 8.13. The van der Waals surface area contributed by atoms with Gasteiger partial charge in [0.15, 0.2) is 0 Å². The van der Waals surface area contributed by atoms with Gasteiger partial charge in [0.2, 0.25) is 0 Å². The summed E-state index contributed by atoms with van der Waals surface area (Å²) in [5.74, 6) is 0. The number of halogens is 2. The van der Waals surface area contributed by atoms with Crippen LogP contribution in [-0.2, 0) is 15.9 Å². The van der Waals surface area contributed by atoms with Crippen molar-refractivity contribution in [1.82, 2.24) is 5.32 Å². The van der Waals surface area contributed by atoms with Crippen LogP contribution in [0.15, 0.2) is 53.5 Å². The van der Waals surface area contributed by atoms with Crippen LogP contribution in [0.1, 0.15) is 38.0 Å². The second-order valence-corrected chi connectivity index (χ2v) is 8.24. The molecule has 0 saturated heterocycles. The van der Waals surface area contributed by atoms with Crippen LogP contribution in [0.2, 0.25) is 10.0 Å². The number of carbonyl (C=O) groups excluding carboxylic acids is 1. The Balaban J connectivity index is 0.000000220. The Kier molecular flexibility index (Phi) is 8.81. The van der Waals surface area contributed by atoms with E-state index in [1.54, 1.807) is 6.92 Å². The molecule has 1 aliphatic rings. The van der Waals surface area contributed by atoms with E-state index in [1.165, 1.54) is 0 Å². The molecule has 1 aliphatic heterocycles. The fourth-order valence-corrected chi connectivity index (χ4v) is 3.10. The van der Waals surface area contributed by atoms with Crippen LogP contribution in [0.5, 0.6) is 0 Å². The van der Waals surface area contributed by atoms with E-state index < -0.39 is 0 Å². The minimum absolute atomic E-state index is 0.0442. The first-order chi connectivity index (χ1) is 14.2. The van der Waals surface area contributed by atoms with Crippen molar-refractivity contribution < 1.29 is 14.3 Å². The van der Waals surface area contributed by atoms with Crippen molar-refractivity contribution in [3.8, 4) is 0 Å². The number of nitrogens with two attached hydrogens (primary N) is 1. The second-order valence-electron chi connectivity index (χ2n) is 7.37. The van der Waals surface area contributed by atoms with Gasteiger partial charge in [0.25, 0.3) is 6.02 Å². The molecule has 8 heteroatoms. The van der Waals surface area contributed by atoms with Crippen molar-refractivity contribution in [1.29, 1.82) is 0 Å². The van der Waals surface area contributed by atoms with Gasteiger partial charge in [-0.2, -0.15) is 0 Å². The number of alkyl carbamates (subject to hydrolysis) is 1. The molecule has 2 aromatic rings. The lowest BCUT2D eigenvalue weighted by atomic mass is 9.95. The van der Waals surface area contributed by atoms with Gasteiger partial charge in [-0.05, 0) is 62.6 Å². The summed E-state index contributed by atoms with van der Waals surface area (Å²) in [4.78, 5) is 15.3. The monoisotopic (exact) mass is 451 g/mol. The van der Waals surface area contributed by atoms with E-state index in [0.717, 1.165) is 22.6 Å². The maximum Gasteiger partial charge on any atom is 0.407 e. The Bertz CT molecular complexity index is 853. The summed E-state index contributed by atoms with van der Waals surface area (Å²) in [5.41, 5.74) is 7.22. The molecule has 0 aliphatic carbocycles. The Morgan fingerprint density at radius 3 is 2.23 bits per heavy atom. The molecule has 1 amide bonds. The summed E-state index contributed by atoms with van der Waals surface area (Å²) in [6.45, 7) is 6.67. The summed E-state index contributed by atoms with van der Waals surface area (Å²) in [7, 11) is 0. The van der Waals surface area contributed by atoms with E-state index in [4.69, 9.17) is 38.4 Å². The largest absolute Gasteiger partial charge is 0.455 e. The molecule has 1 unspecified atom stereocenters. The van der Waals surface area contributed by atoms with Crippen LogP contribution in [0.25, 0.3) is 0 Å². The normalized spacial score (nSPS) is 15.4. The summed E-state index contributed by atoms with van der Waals surface area (Å²) < 4.78 is 10.1. The lowest BCUT2D eigenvalue weighted by Crippen LogP contribution is -2.45. The van der Waals surface area contributed by atoms with Gasteiger partial charge in [-0.3, -0.25) is 0 Å². The molecule has 0 aromatic heterocycles. The van der Waals surface area contributed by atoms with Gasteiger partial charge in [-0.15, -0.1) is 0 Å². The van der Waals surface area contributed by atoms with E-state index in [1.807, 2.05) is 62.4 Å². The van der Waals surface area contributed by atoms with Crippen LogP contribution in [0, 0.1) is 0 Å². The lowest BCUT2D eigenvalue weighted by Gasteiger charge is -2.25. The molecule has 6 nitrogen and oxygen atoms in total. The number of rotatable bonds is 5. The molecular weight excluding hydrogens is 425 g/mol. The highest BCUT2D eigenvalue weighted by molar-refractivity contribution is 6.30. The van der Waals surface area contributed by atoms with Gasteiger partial charge in [-0.1, -0.05) is 47.5 Å². The number of nitrogens with zero attached hydrogens (tertiary/aromatic N) is 1. The Labute approximate surface area is 187 Å². The van der Waals surface area contributed by atoms with E-state index in [9.17, 15) is 4.79 Å². The maximum absolute atomic E-state index is 11.3. The number of carbonyl (C=O) groups is 1. The Morgan fingerprint density at radius 2 is 1.73 bits per heavy atom. The van der Waals surface area contributed by atoms with Gasteiger partial charge < -0.3 is 20.5 Å². The second kappa shape index (κ2) is 11.1. The number of benzene rings is 2.